The lowest BCUT2D eigenvalue weighted by atomic mass is 10.1. The maximum absolute atomic E-state index is 13.1. The number of rotatable bonds is 4. The lowest BCUT2D eigenvalue weighted by Crippen LogP contribution is -2.40. The highest BCUT2D eigenvalue weighted by molar-refractivity contribution is 7.14. The molecule has 2 aliphatic rings. The topological polar surface area (TPSA) is 46.6 Å². The Morgan fingerprint density at radius 2 is 1.77 bits per heavy atom. The first-order valence-electron chi connectivity index (χ1n) is 9.38. The summed E-state index contributed by atoms with van der Waals surface area (Å²) < 4.78 is 5.75. The van der Waals surface area contributed by atoms with Crippen LogP contribution in [-0.4, -0.2) is 29.9 Å². The number of carbonyl (C=O) groups excluding carboxylic acids is 2. The molecule has 0 radical (unpaired) electrons. The Balaban J connectivity index is 1.56. The number of fused-ring (bicyclic) bond motifs is 1. The lowest BCUT2D eigenvalue weighted by Gasteiger charge is -2.30. The van der Waals surface area contributed by atoms with Crippen molar-refractivity contribution in [2.24, 2.45) is 0 Å². The Bertz CT molecular complexity index is 771. The number of amides is 1. The lowest BCUT2D eigenvalue weighted by molar-refractivity contribution is -0.142. The quantitative estimate of drug-likeness (QED) is 0.761. The molecular formula is C21H23NO3S. The largest absolute Gasteiger partial charge is 0.443 e. The Labute approximate surface area is 157 Å². The number of likely N-dealkylation sites (tertiary alicyclic amines) is 1. The van der Waals surface area contributed by atoms with E-state index in [4.69, 9.17) is 4.74 Å². The van der Waals surface area contributed by atoms with Gasteiger partial charge in [0, 0.05) is 23.5 Å². The number of carbonyl (C=O) groups is 2. The fraction of sp³-hybridized carbons (Fsp3) is 0.429. The van der Waals surface area contributed by atoms with Crippen LogP contribution in [-0.2, 0) is 22.4 Å². The third-order valence-electron chi connectivity index (χ3n) is 5.17. The van der Waals surface area contributed by atoms with Crippen molar-refractivity contribution < 1.29 is 14.3 Å². The van der Waals surface area contributed by atoms with Gasteiger partial charge in [0.1, 0.15) is 4.88 Å². The van der Waals surface area contributed by atoms with Gasteiger partial charge in [-0.3, -0.25) is 4.79 Å². The van der Waals surface area contributed by atoms with Gasteiger partial charge >= 0.3 is 5.97 Å². The van der Waals surface area contributed by atoms with E-state index in [2.05, 4.69) is 0 Å². The molecule has 4 nitrogen and oxygen atoms in total. The summed E-state index contributed by atoms with van der Waals surface area (Å²) in [6.45, 7) is 1.49. The van der Waals surface area contributed by atoms with Gasteiger partial charge in [0.2, 0.25) is 6.10 Å². The average Bonchev–Trinajstić information content (AvgIpc) is 3.29. The van der Waals surface area contributed by atoms with Gasteiger partial charge in [-0.2, -0.15) is 0 Å². The number of nitrogens with zero attached hydrogens (tertiary/aromatic N) is 1. The summed E-state index contributed by atoms with van der Waals surface area (Å²) in [7, 11) is 0. The summed E-state index contributed by atoms with van der Waals surface area (Å²) in [5.41, 5.74) is 2.00. The third kappa shape index (κ3) is 3.54. The van der Waals surface area contributed by atoms with E-state index in [0.29, 0.717) is 4.88 Å². The smallest absolute Gasteiger partial charge is 0.349 e. The van der Waals surface area contributed by atoms with E-state index < -0.39 is 6.10 Å². The van der Waals surface area contributed by atoms with Gasteiger partial charge in [-0.25, -0.2) is 4.79 Å². The molecule has 1 aliphatic heterocycles. The second-order valence-electron chi connectivity index (χ2n) is 6.99. The standard InChI is InChI=1S/C21H23NO3S/c23-20(22-12-5-2-6-13-22)19(15-8-3-1-4-9-15)25-21(24)18-14-16-10-7-11-17(16)26-18/h1,3-4,8-9,14,19H,2,5-7,10-13H2/t19-/m1/s1. The number of aryl methyl sites for hydroxylation is 2. The minimum absolute atomic E-state index is 0.103. The summed E-state index contributed by atoms with van der Waals surface area (Å²) in [5.74, 6) is -0.489. The Hall–Kier alpha value is -2.14. The molecule has 1 saturated heterocycles. The van der Waals surface area contributed by atoms with E-state index in [1.807, 2.05) is 41.3 Å². The van der Waals surface area contributed by atoms with Crippen LogP contribution in [0.3, 0.4) is 0 Å². The SMILES string of the molecule is O=C(O[C@@H](C(=O)N1CCCCC1)c1ccccc1)c1cc2c(s1)CCC2. The summed E-state index contributed by atoms with van der Waals surface area (Å²) in [4.78, 5) is 29.5. The molecule has 1 aromatic heterocycles. The molecular weight excluding hydrogens is 346 g/mol. The van der Waals surface area contributed by atoms with Crippen molar-refractivity contribution >= 4 is 23.2 Å². The fourth-order valence-electron chi connectivity index (χ4n) is 3.76. The Morgan fingerprint density at radius 3 is 2.50 bits per heavy atom. The highest BCUT2D eigenvalue weighted by Gasteiger charge is 2.31. The van der Waals surface area contributed by atoms with Gasteiger partial charge in [0.25, 0.3) is 5.91 Å². The van der Waals surface area contributed by atoms with Gasteiger partial charge in [0.05, 0.1) is 0 Å². The predicted molar refractivity (Wildman–Crippen MR) is 101 cm³/mol. The number of piperidine rings is 1. The van der Waals surface area contributed by atoms with Crippen molar-refractivity contribution in [1.29, 1.82) is 0 Å². The monoisotopic (exact) mass is 369 g/mol. The van der Waals surface area contributed by atoms with Crippen molar-refractivity contribution in [3.05, 3.63) is 57.3 Å². The summed E-state index contributed by atoms with van der Waals surface area (Å²) in [6, 6.07) is 11.3. The highest BCUT2D eigenvalue weighted by Crippen LogP contribution is 2.32. The van der Waals surface area contributed by atoms with Crippen LogP contribution in [0.5, 0.6) is 0 Å². The van der Waals surface area contributed by atoms with Crippen molar-refractivity contribution in [3.63, 3.8) is 0 Å². The molecule has 1 fully saturated rings. The van der Waals surface area contributed by atoms with Crippen molar-refractivity contribution in [2.45, 2.75) is 44.6 Å². The highest BCUT2D eigenvalue weighted by atomic mass is 32.1. The number of hydrogen-bond donors (Lipinski definition) is 0. The van der Waals surface area contributed by atoms with E-state index in [1.54, 1.807) is 0 Å². The maximum Gasteiger partial charge on any atom is 0.349 e. The zero-order chi connectivity index (χ0) is 17.9. The van der Waals surface area contributed by atoms with Crippen LogP contribution in [0.2, 0.25) is 0 Å². The zero-order valence-corrected chi connectivity index (χ0v) is 15.6. The third-order valence-corrected chi connectivity index (χ3v) is 6.38. The molecule has 2 heterocycles. The molecule has 4 rings (SSSR count). The van der Waals surface area contributed by atoms with Crippen LogP contribution in [0.15, 0.2) is 36.4 Å². The van der Waals surface area contributed by atoms with Crippen LogP contribution in [0.4, 0.5) is 0 Å². The van der Waals surface area contributed by atoms with Gasteiger partial charge in [0.15, 0.2) is 0 Å². The molecule has 1 atom stereocenters. The minimum Gasteiger partial charge on any atom is -0.443 e. The molecule has 136 valence electrons. The van der Waals surface area contributed by atoms with Crippen LogP contribution < -0.4 is 0 Å². The molecule has 0 N–H and O–H groups in total. The van der Waals surface area contributed by atoms with Crippen molar-refractivity contribution in [2.75, 3.05) is 13.1 Å². The fourth-order valence-corrected chi connectivity index (χ4v) is 4.90. The number of ether oxygens (including phenoxy) is 1. The molecule has 5 heteroatoms. The van der Waals surface area contributed by atoms with Crippen LogP contribution in [0.1, 0.15) is 57.5 Å². The van der Waals surface area contributed by atoms with Crippen LogP contribution in [0, 0.1) is 0 Å². The second kappa shape index (κ2) is 7.62. The van der Waals surface area contributed by atoms with E-state index in [1.165, 1.54) is 21.8 Å². The normalized spacial score (nSPS) is 17.6. The molecule has 0 bridgehead atoms. The molecule has 1 aromatic carbocycles. The van der Waals surface area contributed by atoms with Gasteiger partial charge in [-0.05, 0) is 50.2 Å². The van der Waals surface area contributed by atoms with Crippen molar-refractivity contribution in [1.82, 2.24) is 4.90 Å². The molecule has 0 saturated carbocycles. The predicted octanol–water partition coefficient (Wildman–Crippen LogP) is 4.15. The van der Waals surface area contributed by atoms with Gasteiger partial charge < -0.3 is 9.64 Å². The first kappa shape index (κ1) is 17.3. The second-order valence-corrected chi connectivity index (χ2v) is 8.13. The molecule has 0 unspecified atom stereocenters. The Kier molecular flexibility index (Phi) is 5.07. The van der Waals surface area contributed by atoms with E-state index >= 15 is 0 Å². The number of thiophene rings is 1. The summed E-state index contributed by atoms with van der Waals surface area (Å²) in [6.07, 6.45) is 5.56. The first-order valence-corrected chi connectivity index (χ1v) is 10.2. The Morgan fingerprint density at radius 1 is 1.00 bits per heavy atom. The number of esters is 1. The van der Waals surface area contributed by atoms with Gasteiger partial charge in [-0.15, -0.1) is 11.3 Å². The molecule has 1 amide bonds. The molecule has 26 heavy (non-hydrogen) atoms. The summed E-state index contributed by atoms with van der Waals surface area (Å²) in [5, 5.41) is 0. The van der Waals surface area contributed by atoms with E-state index in [0.717, 1.165) is 57.2 Å². The minimum atomic E-state index is -0.862. The maximum atomic E-state index is 13.1. The van der Waals surface area contributed by atoms with E-state index in [-0.39, 0.29) is 11.9 Å². The number of benzene rings is 1. The van der Waals surface area contributed by atoms with Crippen LogP contribution in [0.25, 0.3) is 0 Å². The van der Waals surface area contributed by atoms with Crippen molar-refractivity contribution in [3.8, 4) is 0 Å². The number of hydrogen-bond acceptors (Lipinski definition) is 4. The molecule has 0 spiro atoms. The van der Waals surface area contributed by atoms with E-state index in [9.17, 15) is 9.59 Å². The first-order chi connectivity index (χ1) is 12.7. The van der Waals surface area contributed by atoms with Gasteiger partial charge in [-0.1, -0.05) is 30.3 Å². The zero-order valence-electron chi connectivity index (χ0n) is 14.8. The molecule has 1 aliphatic carbocycles. The average molecular weight is 369 g/mol. The molecule has 2 aromatic rings. The summed E-state index contributed by atoms with van der Waals surface area (Å²) >= 11 is 1.52. The van der Waals surface area contributed by atoms with Crippen LogP contribution >= 0.6 is 11.3 Å².